The molecule has 1 aromatic carbocycles. The predicted octanol–water partition coefficient (Wildman–Crippen LogP) is 4.40. The van der Waals surface area contributed by atoms with Crippen molar-refractivity contribution in [2.75, 3.05) is 12.4 Å². The molecule has 0 aliphatic heterocycles. The predicted molar refractivity (Wildman–Crippen MR) is 105 cm³/mol. The fourth-order valence-corrected chi connectivity index (χ4v) is 2.96. The number of benzene rings is 1. The Balaban J connectivity index is 1.48. The van der Waals surface area contributed by atoms with Gasteiger partial charge in [-0.25, -0.2) is 15.0 Å². The van der Waals surface area contributed by atoms with E-state index in [-0.39, 0.29) is 0 Å². The lowest BCUT2D eigenvalue weighted by Gasteiger charge is -2.07. The smallest absolute Gasteiger partial charge is 0.178 e. The highest BCUT2D eigenvalue weighted by molar-refractivity contribution is 9.10. The number of fused-ring (bicyclic) bond motifs is 1. The summed E-state index contributed by atoms with van der Waals surface area (Å²) >= 11 is 3.41. The number of anilines is 1. The second-order valence-corrected chi connectivity index (χ2v) is 6.66. The lowest BCUT2D eigenvalue weighted by atomic mass is 10.2. The fraction of sp³-hybridized carbons (Fsp3) is 0.105. The second-order valence-electron chi connectivity index (χ2n) is 5.75. The van der Waals surface area contributed by atoms with Crippen LogP contribution >= 0.6 is 15.9 Å². The first-order valence-electron chi connectivity index (χ1n) is 8.06. The molecule has 4 rings (SSSR count). The van der Waals surface area contributed by atoms with Crippen molar-refractivity contribution in [3.8, 4) is 17.1 Å². The standard InChI is InChI=1S/C19H16BrN5O/c1-26-15-4-2-3-12(7-15)9-21-17-6-5-13(10-22-17)18-24-16-8-14(20)11-23-19(16)25-18/h2-8,10-11H,9H2,1H3,(H,21,22)(H,23,24,25). The first kappa shape index (κ1) is 16.5. The quantitative estimate of drug-likeness (QED) is 0.510. The average Bonchev–Trinajstić information content (AvgIpc) is 3.10. The van der Waals surface area contributed by atoms with E-state index >= 15 is 0 Å². The maximum atomic E-state index is 5.24. The van der Waals surface area contributed by atoms with Crippen LogP contribution in [-0.2, 0) is 6.54 Å². The highest BCUT2D eigenvalue weighted by atomic mass is 79.9. The number of halogens is 1. The van der Waals surface area contributed by atoms with E-state index in [9.17, 15) is 0 Å². The van der Waals surface area contributed by atoms with E-state index in [1.54, 1.807) is 19.5 Å². The van der Waals surface area contributed by atoms with Crippen LogP contribution in [0, 0.1) is 0 Å². The molecule has 0 amide bonds. The van der Waals surface area contributed by atoms with Gasteiger partial charge in [0.15, 0.2) is 5.65 Å². The first-order chi connectivity index (χ1) is 12.7. The molecule has 0 saturated carbocycles. The monoisotopic (exact) mass is 409 g/mol. The molecule has 3 heterocycles. The second kappa shape index (κ2) is 7.13. The number of imidazole rings is 1. The van der Waals surface area contributed by atoms with Crippen LogP contribution in [0.15, 0.2) is 59.3 Å². The molecule has 0 spiro atoms. The van der Waals surface area contributed by atoms with Gasteiger partial charge in [0.1, 0.15) is 17.4 Å². The number of aromatic nitrogens is 4. The van der Waals surface area contributed by atoms with Crippen LogP contribution in [0.4, 0.5) is 5.82 Å². The molecule has 0 atom stereocenters. The molecule has 0 bridgehead atoms. The SMILES string of the molecule is COc1cccc(CNc2ccc(-c3nc4ncc(Br)cc4[nH]3)cn2)c1. The zero-order valence-corrected chi connectivity index (χ0v) is 15.6. The van der Waals surface area contributed by atoms with Gasteiger partial charge in [-0.05, 0) is 51.8 Å². The van der Waals surface area contributed by atoms with Gasteiger partial charge in [0.2, 0.25) is 0 Å². The molecule has 6 nitrogen and oxygen atoms in total. The highest BCUT2D eigenvalue weighted by Crippen LogP contribution is 2.22. The molecule has 26 heavy (non-hydrogen) atoms. The average molecular weight is 410 g/mol. The van der Waals surface area contributed by atoms with Gasteiger partial charge in [-0.2, -0.15) is 0 Å². The summed E-state index contributed by atoms with van der Waals surface area (Å²) < 4.78 is 6.15. The Morgan fingerprint density at radius 2 is 2.04 bits per heavy atom. The zero-order valence-electron chi connectivity index (χ0n) is 14.0. The number of H-pyrrole nitrogens is 1. The van der Waals surface area contributed by atoms with Crippen molar-refractivity contribution in [3.05, 3.63) is 64.9 Å². The maximum Gasteiger partial charge on any atom is 0.178 e. The summed E-state index contributed by atoms with van der Waals surface area (Å²) in [6, 6.07) is 13.8. The van der Waals surface area contributed by atoms with Crippen molar-refractivity contribution < 1.29 is 4.74 Å². The van der Waals surface area contributed by atoms with Crippen LogP contribution in [0.5, 0.6) is 5.75 Å². The Morgan fingerprint density at radius 1 is 1.12 bits per heavy atom. The van der Waals surface area contributed by atoms with Gasteiger partial charge in [-0.1, -0.05) is 12.1 Å². The Labute approximate surface area is 158 Å². The summed E-state index contributed by atoms with van der Waals surface area (Å²) in [5.41, 5.74) is 3.60. The molecular formula is C19H16BrN5O. The summed E-state index contributed by atoms with van der Waals surface area (Å²) in [7, 11) is 1.67. The molecule has 3 aromatic heterocycles. The number of nitrogens with one attached hydrogen (secondary N) is 2. The Bertz CT molecular complexity index is 1050. The summed E-state index contributed by atoms with van der Waals surface area (Å²) in [4.78, 5) is 16.5. The molecular weight excluding hydrogens is 394 g/mol. The van der Waals surface area contributed by atoms with Crippen LogP contribution in [0.3, 0.4) is 0 Å². The van der Waals surface area contributed by atoms with E-state index in [1.807, 2.05) is 42.5 Å². The summed E-state index contributed by atoms with van der Waals surface area (Å²) in [5, 5.41) is 3.31. The summed E-state index contributed by atoms with van der Waals surface area (Å²) in [6.07, 6.45) is 3.53. The van der Waals surface area contributed by atoms with Gasteiger partial charge in [0, 0.05) is 29.0 Å². The number of aromatic amines is 1. The molecule has 130 valence electrons. The molecule has 0 aliphatic carbocycles. The fourth-order valence-electron chi connectivity index (χ4n) is 2.62. The van der Waals surface area contributed by atoms with E-state index in [0.717, 1.165) is 38.5 Å². The number of ether oxygens (including phenoxy) is 1. The van der Waals surface area contributed by atoms with Gasteiger partial charge in [0.05, 0.1) is 12.6 Å². The van der Waals surface area contributed by atoms with E-state index in [4.69, 9.17) is 4.74 Å². The van der Waals surface area contributed by atoms with Gasteiger partial charge >= 0.3 is 0 Å². The first-order valence-corrected chi connectivity index (χ1v) is 8.85. The van der Waals surface area contributed by atoms with Gasteiger partial charge in [-0.15, -0.1) is 0 Å². The van der Waals surface area contributed by atoms with Crippen LogP contribution in [0.2, 0.25) is 0 Å². The minimum atomic E-state index is 0.673. The van der Waals surface area contributed by atoms with Crippen molar-refractivity contribution in [1.29, 1.82) is 0 Å². The third-order valence-corrected chi connectivity index (χ3v) is 4.38. The molecule has 2 N–H and O–H groups in total. The van der Waals surface area contributed by atoms with Gasteiger partial charge in [0.25, 0.3) is 0 Å². The van der Waals surface area contributed by atoms with Gasteiger partial charge in [-0.3, -0.25) is 0 Å². The highest BCUT2D eigenvalue weighted by Gasteiger charge is 2.07. The van der Waals surface area contributed by atoms with E-state index in [0.29, 0.717) is 12.2 Å². The summed E-state index contributed by atoms with van der Waals surface area (Å²) in [6.45, 7) is 0.673. The van der Waals surface area contributed by atoms with Crippen LogP contribution in [-0.4, -0.2) is 27.0 Å². The lowest BCUT2D eigenvalue weighted by molar-refractivity contribution is 0.414. The number of hydrogen-bond acceptors (Lipinski definition) is 5. The largest absolute Gasteiger partial charge is 0.497 e. The number of methoxy groups -OCH3 is 1. The number of pyridine rings is 2. The van der Waals surface area contributed by atoms with Crippen molar-refractivity contribution >= 4 is 32.9 Å². The van der Waals surface area contributed by atoms with E-state index in [1.165, 1.54) is 0 Å². The zero-order chi connectivity index (χ0) is 17.9. The third kappa shape index (κ3) is 3.52. The molecule has 0 unspecified atom stereocenters. The molecule has 0 radical (unpaired) electrons. The molecule has 0 aliphatic rings. The van der Waals surface area contributed by atoms with E-state index in [2.05, 4.69) is 41.2 Å². The lowest BCUT2D eigenvalue weighted by Crippen LogP contribution is -2.01. The number of hydrogen-bond donors (Lipinski definition) is 2. The van der Waals surface area contributed by atoms with Crippen LogP contribution < -0.4 is 10.1 Å². The topological polar surface area (TPSA) is 75.7 Å². The number of rotatable bonds is 5. The van der Waals surface area contributed by atoms with Crippen molar-refractivity contribution in [2.45, 2.75) is 6.54 Å². The Hall–Kier alpha value is -2.93. The van der Waals surface area contributed by atoms with Crippen molar-refractivity contribution in [2.24, 2.45) is 0 Å². The van der Waals surface area contributed by atoms with Crippen LogP contribution in [0.25, 0.3) is 22.6 Å². The normalized spacial score (nSPS) is 10.8. The number of nitrogens with zero attached hydrogens (tertiary/aromatic N) is 3. The Kier molecular flexibility index (Phi) is 4.53. The molecule has 7 heteroatoms. The van der Waals surface area contributed by atoms with Crippen molar-refractivity contribution in [3.63, 3.8) is 0 Å². The minimum Gasteiger partial charge on any atom is -0.497 e. The minimum absolute atomic E-state index is 0.673. The third-order valence-electron chi connectivity index (χ3n) is 3.95. The van der Waals surface area contributed by atoms with Crippen molar-refractivity contribution in [1.82, 2.24) is 19.9 Å². The van der Waals surface area contributed by atoms with E-state index < -0.39 is 0 Å². The molecule has 0 saturated heterocycles. The molecule has 4 aromatic rings. The van der Waals surface area contributed by atoms with Gasteiger partial charge < -0.3 is 15.0 Å². The molecule has 0 fully saturated rings. The maximum absolute atomic E-state index is 5.24. The summed E-state index contributed by atoms with van der Waals surface area (Å²) in [5.74, 6) is 2.39. The Morgan fingerprint density at radius 3 is 2.85 bits per heavy atom. The van der Waals surface area contributed by atoms with Crippen LogP contribution in [0.1, 0.15) is 5.56 Å².